The van der Waals surface area contributed by atoms with Crippen LogP contribution in [-0.2, 0) is 13.6 Å². The highest BCUT2D eigenvalue weighted by Crippen LogP contribution is 2.15. The van der Waals surface area contributed by atoms with E-state index in [1.54, 1.807) is 6.33 Å². The van der Waals surface area contributed by atoms with Gasteiger partial charge in [-0.25, -0.2) is 0 Å². The number of piperidine rings is 1. The SMILES string of the molecule is CC1CN(C)CCC1NCc1nncn1C. The number of hydrogen-bond acceptors (Lipinski definition) is 4. The Hall–Kier alpha value is -0.940. The van der Waals surface area contributed by atoms with E-state index in [-0.39, 0.29) is 0 Å². The van der Waals surface area contributed by atoms with Gasteiger partial charge >= 0.3 is 0 Å². The van der Waals surface area contributed by atoms with E-state index in [1.165, 1.54) is 19.5 Å². The second kappa shape index (κ2) is 4.93. The normalized spacial score (nSPS) is 27.2. The number of likely N-dealkylation sites (tertiary alicyclic amines) is 1. The number of rotatable bonds is 3. The number of nitrogens with one attached hydrogen (secondary N) is 1. The minimum absolute atomic E-state index is 0.605. The van der Waals surface area contributed by atoms with E-state index in [2.05, 4.69) is 34.4 Å². The summed E-state index contributed by atoms with van der Waals surface area (Å²) in [6.45, 7) is 5.48. The smallest absolute Gasteiger partial charge is 0.146 e. The van der Waals surface area contributed by atoms with Crippen LogP contribution in [0.25, 0.3) is 0 Å². The van der Waals surface area contributed by atoms with Crippen molar-refractivity contribution < 1.29 is 0 Å². The number of hydrogen-bond donors (Lipinski definition) is 1. The highest BCUT2D eigenvalue weighted by Gasteiger charge is 2.23. The third-order valence-corrected chi connectivity index (χ3v) is 3.44. The van der Waals surface area contributed by atoms with Gasteiger partial charge < -0.3 is 14.8 Å². The fourth-order valence-electron chi connectivity index (χ4n) is 2.35. The third kappa shape index (κ3) is 2.59. The van der Waals surface area contributed by atoms with Crippen LogP contribution in [0.5, 0.6) is 0 Å². The maximum atomic E-state index is 4.08. The lowest BCUT2D eigenvalue weighted by Crippen LogP contribution is -2.46. The van der Waals surface area contributed by atoms with Crippen LogP contribution < -0.4 is 5.32 Å². The fourth-order valence-corrected chi connectivity index (χ4v) is 2.35. The first kappa shape index (κ1) is 11.5. The first-order valence-corrected chi connectivity index (χ1v) is 5.91. The van der Waals surface area contributed by atoms with Crippen molar-refractivity contribution in [2.45, 2.75) is 25.9 Å². The first-order valence-electron chi connectivity index (χ1n) is 5.91. The molecule has 2 rings (SSSR count). The molecule has 1 fully saturated rings. The van der Waals surface area contributed by atoms with E-state index in [4.69, 9.17) is 0 Å². The van der Waals surface area contributed by atoms with Gasteiger partial charge in [0.2, 0.25) is 0 Å². The zero-order valence-electron chi connectivity index (χ0n) is 10.3. The summed E-state index contributed by atoms with van der Waals surface area (Å²) in [5.74, 6) is 1.71. The summed E-state index contributed by atoms with van der Waals surface area (Å²) in [6, 6.07) is 0.605. The topological polar surface area (TPSA) is 46.0 Å². The number of nitrogens with zero attached hydrogens (tertiary/aromatic N) is 4. The highest BCUT2D eigenvalue weighted by molar-refractivity contribution is 4.87. The summed E-state index contributed by atoms with van der Waals surface area (Å²) < 4.78 is 1.96. The van der Waals surface area contributed by atoms with Crippen molar-refractivity contribution in [2.75, 3.05) is 20.1 Å². The summed E-state index contributed by atoms with van der Waals surface area (Å²) in [6.07, 6.45) is 2.96. The second-order valence-corrected chi connectivity index (χ2v) is 4.87. The molecular weight excluding hydrogens is 202 g/mol. The molecule has 1 aromatic rings. The summed E-state index contributed by atoms with van der Waals surface area (Å²) in [5.41, 5.74) is 0. The van der Waals surface area contributed by atoms with E-state index < -0.39 is 0 Å². The molecule has 90 valence electrons. The summed E-state index contributed by atoms with van der Waals surface area (Å²) in [5, 5.41) is 11.5. The van der Waals surface area contributed by atoms with Crippen LogP contribution in [0.2, 0.25) is 0 Å². The molecule has 0 spiro atoms. The van der Waals surface area contributed by atoms with Crippen molar-refractivity contribution in [2.24, 2.45) is 13.0 Å². The predicted octanol–water partition coefficient (Wildman–Crippen LogP) is 0.245. The van der Waals surface area contributed by atoms with Gasteiger partial charge in [-0.15, -0.1) is 10.2 Å². The van der Waals surface area contributed by atoms with Crippen LogP contribution in [0, 0.1) is 5.92 Å². The van der Waals surface area contributed by atoms with E-state index in [0.717, 1.165) is 12.4 Å². The monoisotopic (exact) mass is 223 g/mol. The third-order valence-electron chi connectivity index (χ3n) is 3.44. The van der Waals surface area contributed by atoms with Crippen LogP contribution in [0.3, 0.4) is 0 Å². The fraction of sp³-hybridized carbons (Fsp3) is 0.818. The molecule has 0 bridgehead atoms. The molecule has 0 aliphatic carbocycles. The molecule has 0 saturated carbocycles. The summed E-state index contributed by atoms with van der Waals surface area (Å²) >= 11 is 0. The molecule has 1 aromatic heterocycles. The zero-order valence-corrected chi connectivity index (χ0v) is 10.3. The minimum Gasteiger partial charge on any atom is -0.320 e. The average Bonchev–Trinajstić information content (AvgIpc) is 2.63. The molecule has 0 amide bonds. The molecule has 5 heteroatoms. The second-order valence-electron chi connectivity index (χ2n) is 4.87. The van der Waals surface area contributed by atoms with Gasteiger partial charge in [-0.3, -0.25) is 0 Å². The van der Waals surface area contributed by atoms with Gasteiger partial charge in [-0.05, 0) is 25.9 Å². The van der Waals surface area contributed by atoms with Crippen molar-refractivity contribution in [3.05, 3.63) is 12.2 Å². The van der Waals surface area contributed by atoms with Crippen molar-refractivity contribution >= 4 is 0 Å². The van der Waals surface area contributed by atoms with Crippen LogP contribution in [0.4, 0.5) is 0 Å². The Morgan fingerprint density at radius 1 is 1.50 bits per heavy atom. The molecule has 1 aliphatic rings. The summed E-state index contributed by atoms with van der Waals surface area (Å²) in [4.78, 5) is 2.39. The first-order chi connectivity index (χ1) is 7.66. The van der Waals surface area contributed by atoms with Crippen LogP contribution in [0.1, 0.15) is 19.2 Å². The van der Waals surface area contributed by atoms with Gasteiger partial charge in [0, 0.05) is 19.6 Å². The molecule has 0 radical (unpaired) electrons. The number of aromatic nitrogens is 3. The molecular formula is C11H21N5. The van der Waals surface area contributed by atoms with Gasteiger partial charge in [-0.1, -0.05) is 6.92 Å². The molecule has 2 unspecified atom stereocenters. The van der Waals surface area contributed by atoms with Gasteiger partial charge in [0.25, 0.3) is 0 Å². The molecule has 1 aliphatic heterocycles. The zero-order chi connectivity index (χ0) is 11.5. The van der Waals surface area contributed by atoms with Crippen molar-refractivity contribution in [1.82, 2.24) is 25.0 Å². The molecule has 1 N–H and O–H groups in total. The quantitative estimate of drug-likeness (QED) is 0.797. The molecule has 16 heavy (non-hydrogen) atoms. The van der Waals surface area contributed by atoms with E-state index in [0.29, 0.717) is 12.0 Å². The van der Waals surface area contributed by atoms with Crippen LogP contribution in [0.15, 0.2) is 6.33 Å². The Balaban J connectivity index is 1.84. The lowest BCUT2D eigenvalue weighted by molar-refractivity contribution is 0.173. The van der Waals surface area contributed by atoms with Gasteiger partial charge in [0.1, 0.15) is 12.2 Å². The van der Waals surface area contributed by atoms with Gasteiger partial charge in [0.05, 0.1) is 6.54 Å². The van der Waals surface area contributed by atoms with Crippen molar-refractivity contribution in [1.29, 1.82) is 0 Å². The van der Waals surface area contributed by atoms with Crippen molar-refractivity contribution in [3.8, 4) is 0 Å². The summed E-state index contributed by atoms with van der Waals surface area (Å²) in [7, 11) is 4.17. The van der Waals surface area contributed by atoms with Gasteiger partial charge in [0.15, 0.2) is 0 Å². The predicted molar refractivity (Wildman–Crippen MR) is 62.9 cm³/mol. The number of aryl methyl sites for hydroxylation is 1. The average molecular weight is 223 g/mol. The largest absolute Gasteiger partial charge is 0.320 e. The van der Waals surface area contributed by atoms with E-state index in [1.807, 2.05) is 11.6 Å². The maximum absolute atomic E-state index is 4.08. The molecule has 2 heterocycles. The Morgan fingerprint density at radius 2 is 2.31 bits per heavy atom. The Labute approximate surface area is 96.8 Å². The highest BCUT2D eigenvalue weighted by atomic mass is 15.3. The maximum Gasteiger partial charge on any atom is 0.146 e. The minimum atomic E-state index is 0.605. The molecule has 0 aromatic carbocycles. The molecule has 1 saturated heterocycles. The van der Waals surface area contributed by atoms with Crippen LogP contribution in [-0.4, -0.2) is 45.8 Å². The Morgan fingerprint density at radius 3 is 2.94 bits per heavy atom. The lowest BCUT2D eigenvalue weighted by atomic mass is 9.94. The molecule has 5 nitrogen and oxygen atoms in total. The van der Waals surface area contributed by atoms with Crippen LogP contribution >= 0.6 is 0 Å². The van der Waals surface area contributed by atoms with Crippen molar-refractivity contribution in [3.63, 3.8) is 0 Å². The van der Waals surface area contributed by atoms with E-state index >= 15 is 0 Å². The Kier molecular flexibility index (Phi) is 3.56. The van der Waals surface area contributed by atoms with E-state index in [9.17, 15) is 0 Å². The molecule has 2 atom stereocenters. The van der Waals surface area contributed by atoms with Gasteiger partial charge in [-0.2, -0.15) is 0 Å². The lowest BCUT2D eigenvalue weighted by Gasteiger charge is -2.35. The standard InChI is InChI=1S/C11H21N5/c1-9-7-15(2)5-4-10(9)12-6-11-14-13-8-16(11)3/h8-10,12H,4-7H2,1-3H3. The Bertz CT molecular complexity index is 335.